The molecule has 0 fully saturated rings. The second-order valence-corrected chi connectivity index (χ2v) is 10.5. The Labute approximate surface area is 203 Å². The zero-order chi connectivity index (χ0) is 22.6. The fraction of sp³-hybridized carbons (Fsp3) is 0.0909. The molecule has 34 heavy (non-hydrogen) atoms. The molecule has 1 heteroatoms. The molecule has 162 valence electrons. The van der Waals surface area contributed by atoms with E-state index >= 15 is 0 Å². The maximum Gasteiger partial charge on any atom is 0.0433 e. The molecular formula is C33H24S. The highest BCUT2D eigenvalue weighted by Gasteiger charge is 2.15. The lowest BCUT2D eigenvalue weighted by atomic mass is 9.86. The van der Waals surface area contributed by atoms with Crippen molar-refractivity contribution in [3.05, 3.63) is 114 Å². The van der Waals surface area contributed by atoms with Gasteiger partial charge in [0, 0.05) is 20.2 Å². The smallest absolute Gasteiger partial charge is 0.0433 e. The summed E-state index contributed by atoms with van der Waals surface area (Å²) in [7, 11) is 0. The highest BCUT2D eigenvalue weighted by molar-refractivity contribution is 7.26. The lowest BCUT2D eigenvalue weighted by Crippen LogP contribution is -2.04. The Balaban J connectivity index is 1.38. The average molecular weight is 453 g/mol. The number of thiophene rings is 1. The number of fused-ring (bicyclic) bond motifs is 6. The van der Waals surface area contributed by atoms with Crippen LogP contribution in [0.15, 0.2) is 103 Å². The van der Waals surface area contributed by atoms with Crippen LogP contribution in [0.25, 0.3) is 59.3 Å². The molecule has 1 atom stereocenters. The van der Waals surface area contributed by atoms with Crippen molar-refractivity contribution in [2.24, 2.45) is 5.92 Å². The lowest BCUT2D eigenvalue weighted by Gasteiger charge is -2.19. The van der Waals surface area contributed by atoms with Gasteiger partial charge in [-0.15, -0.1) is 11.3 Å². The normalized spacial score (nSPS) is 15.3. The van der Waals surface area contributed by atoms with Crippen LogP contribution in [0.1, 0.15) is 18.1 Å². The van der Waals surface area contributed by atoms with Crippen molar-refractivity contribution in [2.45, 2.75) is 13.3 Å². The van der Waals surface area contributed by atoms with Gasteiger partial charge in [-0.3, -0.25) is 0 Å². The van der Waals surface area contributed by atoms with E-state index in [2.05, 4.69) is 116 Å². The van der Waals surface area contributed by atoms with Gasteiger partial charge in [0.2, 0.25) is 0 Å². The Morgan fingerprint density at radius 1 is 0.676 bits per heavy atom. The van der Waals surface area contributed by atoms with Crippen LogP contribution >= 0.6 is 11.3 Å². The Hall–Kier alpha value is -3.68. The maximum absolute atomic E-state index is 2.40. The first kappa shape index (κ1) is 19.8. The second kappa shape index (κ2) is 7.68. The molecule has 1 aliphatic carbocycles. The van der Waals surface area contributed by atoms with Gasteiger partial charge < -0.3 is 0 Å². The van der Waals surface area contributed by atoms with Crippen LogP contribution < -0.4 is 0 Å². The molecule has 0 saturated heterocycles. The van der Waals surface area contributed by atoms with Gasteiger partial charge in [-0.05, 0) is 74.7 Å². The number of hydrogen-bond acceptors (Lipinski definition) is 1. The average Bonchev–Trinajstić information content (AvgIpc) is 3.27. The molecule has 0 saturated carbocycles. The van der Waals surface area contributed by atoms with Gasteiger partial charge in [-0.2, -0.15) is 0 Å². The first-order valence-corrected chi connectivity index (χ1v) is 12.8. The van der Waals surface area contributed by atoms with E-state index in [4.69, 9.17) is 0 Å². The number of hydrogen-bond donors (Lipinski definition) is 0. The second-order valence-electron chi connectivity index (χ2n) is 9.47. The van der Waals surface area contributed by atoms with Crippen molar-refractivity contribution in [1.29, 1.82) is 0 Å². The fourth-order valence-electron chi connectivity index (χ4n) is 5.46. The third-order valence-corrected chi connectivity index (χ3v) is 8.43. The van der Waals surface area contributed by atoms with E-state index in [1.807, 2.05) is 11.3 Å². The topological polar surface area (TPSA) is 0 Å². The Bertz CT molecular complexity index is 1750. The molecule has 0 bridgehead atoms. The summed E-state index contributed by atoms with van der Waals surface area (Å²) < 4.78 is 2.72. The van der Waals surface area contributed by atoms with Crippen LogP contribution in [0.2, 0.25) is 0 Å². The number of allylic oxidation sites excluding steroid dienone is 1. The Morgan fingerprint density at radius 3 is 2.44 bits per heavy atom. The van der Waals surface area contributed by atoms with Gasteiger partial charge in [0.15, 0.2) is 0 Å². The van der Waals surface area contributed by atoms with E-state index in [9.17, 15) is 0 Å². The molecule has 0 amide bonds. The molecule has 0 aliphatic heterocycles. The van der Waals surface area contributed by atoms with E-state index in [1.165, 1.54) is 64.3 Å². The summed E-state index contributed by atoms with van der Waals surface area (Å²) in [6.45, 7) is 2.31. The number of benzene rings is 5. The van der Waals surface area contributed by atoms with E-state index < -0.39 is 0 Å². The summed E-state index contributed by atoms with van der Waals surface area (Å²) in [6.07, 6.45) is 5.73. The lowest BCUT2D eigenvalue weighted by molar-refractivity contribution is 0.721. The van der Waals surface area contributed by atoms with Crippen molar-refractivity contribution >= 4 is 48.4 Å². The molecule has 0 unspecified atom stereocenters. The maximum atomic E-state index is 2.40. The molecule has 1 heterocycles. The van der Waals surface area contributed by atoms with Crippen LogP contribution in [-0.4, -0.2) is 0 Å². The number of rotatable bonds is 2. The monoisotopic (exact) mass is 452 g/mol. The summed E-state index contributed by atoms with van der Waals surface area (Å²) in [6, 6.07) is 36.0. The van der Waals surface area contributed by atoms with Gasteiger partial charge in [-0.25, -0.2) is 0 Å². The van der Waals surface area contributed by atoms with E-state index in [0.29, 0.717) is 5.92 Å². The van der Waals surface area contributed by atoms with Gasteiger partial charge >= 0.3 is 0 Å². The highest BCUT2D eigenvalue weighted by atomic mass is 32.1. The Kier molecular flexibility index (Phi) is 4.47. The van der Waals surface area contributed by atoms with Gasteiger partial charge in [0.05, 0.1) is 0 Å². The molecule has 0 radical (unpaired) electrons. The van der Waals surface area contributed by atoms with Gasteiger partial charge in [0.1, 0.15) is 0 Å². The standard InChI is InChI=1S/C33H24S/c1-21-12-13-22-14-15-23-16-17-25(20-31(23)30(22)18-21)24-6-4-7-26(19-24)27-9-5-10-29-28-8-2-3-11-32(28)34-33(27)29/h2-17,19-21H,18H2,1H3/t21-/m0/s1. The van der Waals surface area contributed by atoms with Gasteiger partial charge in [0.25, 0.3) is 0 Å². The summed E-state index contributed by atoms with van der Waals surface area (Å²) in [5.74, 6) is 0.590. The van der Waals surface area contributed by atoms with Crippen molar-refractivity contribution in [3.8, 4) is 22.3 Å². The largest absolute Gasteiger partial charge is 0.135 e. The fourth-order valence-corrected chi connectivity index (χ4v) is 6.70. The van der Waals surface area contributed by atoms with Crippen molar-refractivity contribution in [2.75, 3.05) is 0 Å². The highest BCUT2D eigenvalue weighted by Crippen LogP contribution is 2.41. The minimum Gasteiger partial charge on any atom is -0.135 e. The first-order valence-electron chi connectivity index (χ1n) is 12.0. The molecule has 1 aliphatic rings. The molecule has 1 aromatic heterocycles. The summed E-state index contributed by atoms with van der Waals surface area (Å²) in [5.41, 5.74) is 8.01. The van der Waals surface area contributed by atoms with Crippen LogP contribution in [0.5, 0.6) is 0 Å². The van der Waals surface area contributed by atoms with Crippen LogP contribution in [0, 0.1) is 5.92 Å². The minimum atomic E-state index is 0.590. The molecule has 6 aromatic rings. The van der Waals surface area contributed by atoms with Crippen LogP contribution in [0.3, 0.4) is 0 Å². The quantitative estimate of drug-likeness (QED) is 0.245. The predicted molar refractivity (Wildman–Crippen MR) is 150 cm³/mol. The molecule has 7 rings (SSSR count). The molecular weight excluding hydrogens is 428 g/mol. The SMILES string of the molecule is C[C@H]1C=Cc2ccc3ccc(-c4cccc(-c5cccc6c5sc5ccccc56)c4)cc3c2C1. The van der Waals surface area contributed by atoms with Gasteiger partial charge in [-0.1, -0.05) is 97.9 Å². The van der Waals surface area contributed by atoms with E-state index in [-0.39, 0.29) is 0 Å². The van der Waals surface area contributed by atoms with Crippen molar-refractivity contribution < 1.29 is 0 Å². The molecule has 5 aromatic carbocycles. The molecule has 0 nitrogen and oxygen atoms in total. The zero-order valence-corrected chi connectivity index (χ0v) is 19.9. The van der Waals surface area contributed by atoms with Crippen LogP contribution in [0.4, 0.5) is 0 Å². The molecule has 0 spiro atoms. The van der Waals surface area contributed by atoms with E-state index in [0.717, 1.165) is 6.42 Å². The third-order valence-electron chi connectivity index (χ3n) is 7.21. The molecule has 0 N–H and O–H groups in total. The zero-order valence-electron chi connectivity index (χ0n) is 19.1. The predicted octanol–water partition coefficient (Wildman–Crippen LogP) is 9.75. The summed E-state index contributed by atoms with van der Waals surface area (Å²) in [4.78, 5) is 0. The summed E-state index contributed by atoms with van der Waals surface area (Å²) >= 11 is 1.90. The van der Waals surface area contributed by atoms with Crippen molar-refractivity contribution in [3.63, 3.8) is 0 Å². The minimum absolute atomic E-state index is 0.590. The third kappa shape index (κ3) is 3.12. The summed E-state index contributed by atoms with van der Waals surface area (Å²) in [5, 5.41) is 5.42. The van der Waals surface area contributed by atoms with Crippen molar-refractivity contribution in [1.82, 2.24) is 0 Å². The van der Waals surface area contributed by atoms with E-state index in [1.54, 1.807) is 0 Å². The Morgan fingerprint density at radius 2 is 1.47 bits per heavy atom. The first-order chi connectivity index (χ1) is 16.7. The van der Waals surface area contributed by atoms with Crippen LogP contribution in [-0.2, 0) is 6.42 Å².